The number of likely N-dealkylation sites (tertiary alicyclic amines) is 1. The van der Waals surface area contributed by atoms with Gasteiger partial charge in [-0.2, -0.15) is 0 Å². The van der Waals surface area contributed by atoms with Crippen molar-refractivity contribution < 1.29 is 23.5 Å². The van der Waals surface area contributed by atoms with Crippen molar-refractivity contribution in [3.63, 3.8) is 0 Å². The smallest absolute Gasteiger partial charge is 0.417 e. The molecule has 1 spiro atoms. The molecule has 3 aliphatic rings. The first kappa shape index (κ1) is 29.8. The summed E-state index contributed by atoms with van der Waals surface area (Å²) in [6.45, 7) is 8.95. The van der Waals surface area contributed by atoms with E-state index in [1.165, 1.54) is 17.7 Å². The standard InChI is InChI=1S/C34H36FN7O4/c1-20(43)40-14-11-34(12-15-40)24-7-9-28(38-26(24)19-39(34)5)37-25-8-6-22(27-17-36-29-16-21(35)10-13-41(27)29)23-18-42(31(44)30(23)25)32(45)46-33(2,3)4/h6-10,13,16-17H,11-12,14-15,18-19H2,1-5H3,(H,37,38). The number of hydrogen-bond donors (Lipinski definition) is 1. The number of halogens is 1. The number of rotatable bonds is 3. The zero-order valence-corrected chi connectivity index (χ0v) is 26.6. The summed E-state index contributed by atoms with van der Waals surface area (Å²) in [5.41, 5.74) is 4.43. The second-order valence-corrected chi connectivity index (χ2v) is 13.3. The van der Waals surface area contributed by atoms with E-state index in [0.29, 0.717) is 59.2 Å². The maximum Gasteiger partial charge on any atom is 0.417 e. The van der Waals surface area contributed by atoms with E-state index in [4.69, 9.17) is 9.72 Å². The fourth-order valence-electron chi connectivity index (χ4n) is 7.06. The Bertz CT molecular complexity index is 1920. The molecule has 1 aromatic carbocycles. The number of carbonyl (C=O) groups excluding carboxylic acids is 3. The number of anilines is 2. The Balaban J connectivity index is 1.25. The zero-order valence-electron chi connectivity index (χ0n) is 26.6. The van der Waals surface area contributed by atoms with Crippen molar-refractivity contribution in [2.24, 2.45) is 0 Å². The van der Waals surface area contributed by atoms with Crippen LogP contribution in [-0.4, -0.2) is 72.7 Å². The van der Waals surface area contributed by atoms with Crippen LogP contribution in [0.2, 0.25) is 0 Å². The van der Waals surface area contributed by atoms with Crippen molar-refractivity contribution in [1.29, 1.82) is 0 Å². The number of nitrogens with zero attached hydrogens (tertiary/aromatic N) is 6. The summed E-state index contributed by atoms with van der Waals surface area (Å²) in [6.07, 6.45) is 4.17. The summed E-state index contributed by atoms with van der Waals surface area (Å²) in [4.78, 5) is 53.7. The van der Waals surface area contributed by atoms with Gasteiger partial charge in [0.05, 0.1) is 40.9 Å². The molecule has 0 aliphatic carbocycles. The minimum atomic E-state index is -0.788. The number of aromatic nitrogens is 3. The van der Waals surface area contributed by atoms with Gasteiger partial charge in [0.25, 0.3) is 5.91 Å². The molecular weight excluding hydrogens is 589 g/mol. The third kappa shape index (κ3) is 4.87. The van der Waals surface area contributed by atoms with E-state index >= 15 is 0 Å². The summed E-state index contributed by atoms with van der Waals surface area (Å²) >= 11 is 0. The van der Waals surface area contributed by atoms with Gasteiger partial charge in [-0.3, -0.25) is 18.9 Å². The Morgan fingerprint density at radius 1 is 1.07 bits per heavy atom. The molecule has 4 aromatic rings. The first-order valence-electron chi connectivity index (χ1n) is 15.4. The van der Waals surface area contributed by atoms with Crippen LogP contribution in [-0.2, 0) is 28.2 Å². The molecule has 12 heteroatoms. The summed E-state index contributed by atoms with van der Waals surface area (Å²) in [7, 11) is 2.10. The minimum absolute atomic E-state index is 0.00454. The van der Waals surface area contributed by atoms with E-state index in [-0.39, 0.29) is 18.0 Å². The Kier molecular flexibility index (Phi) is 6.89. The van der Waals surface area contributed by atoms with Gasteiger partial charge in [0.2, 0.25) is 5.91 Å². The van der Waals surface area contributed by atoms with Gasteiger partial charge in [-0.25, -0.2) is 24.1 Å². The van der Waals surface area contributed by atoms with Crippen LogP contribution in [0.1, 0.15) is 67.7 Å². The Morgan fingerprint density at radius 2 is 1.83 bits per heavy atom. The van der Waals surface area contributed by atoms with Crippen LogP contribution in [0.3, 0.4) is 0 Å². The van der Waals surface area contributed by atoms with Gasteiger partial charge < -0.3 is 15.0 Å². The Labute approximate surface area is 266 Å². The summed E-state index contributed by atoms with van der Waals surface area (Å²) in [6, 6.07) is 10.4. The number of imide groups is 1. The maximum absolute atomic E-state index is 13.9. The quantitative estimate of drug-likeness (QED) is 0.320. The molecule has 0 bridgehead atoms. The highest BCUT2D eigenvalue weighted by Crippen LogP contribution is 2.46. The van der Waals surface area contributed by atoms with Crippen LogP contribution in [0.25, 0.3) is 16.9 Å². The summed E-state index contributed by atoms with van der Waals surface area (Å²) in [5, 5.41) is 3.36. The van der Waals surface area contributed by atoms with Crippen molar-refractivity contribution in [2.45, 2.75) is 64.8 Å². The number of fused-ring (bicyclic) bond motifs is 4. The van der Waals surface area contributed by atoms with E-state index in [9.17, 15) is 18.8 Å². The van der Waals surface area contributed by atoms with Crippen LogP contribution >= 0.6 is 0 Å². The van der Waals surface area contributed by atoms with Gasteiger partial charge >= 0.3 is 6.09 Å². The molecule has 3 aliphatic heterocycles. The second-order valence-electron chi connectivity index (χ2n) is 13.3. The minimum Gasteiger partial charge on any atom is -0.443 e. The van der Waals surface area contributed by atoms with Crippen LogP contribution in [0.4, 0.5) is 20.7 Å². The Hall–Kier alpha value is -4.84. The van der Waals surface area contributed by atoms with Gasteiger partial charge in [-0.1, -0.05) is 12.1 Å². The summed E-state index contributed by atoms with van der Waals surface area (Å²) in [5.74, 6) is -0.206. The molecule has 7 rings (SSSR count). The highest BCUT2D eigenvalue weighted by molar-refractivity contribution is 6.11. The lowest BCUT2D eigenvalue weighted by molar-refractivity contribution is -0.131. The fourth-order valence-corrected chi connectivity index (χ4v) is 7.06. The van der Waals surface area contributed by atoms with Gasteiger partial charge in [0.15, 0.2) is 0 Å². The SMILES string of the molecule is CC(=O)N1CCC2(CC1)c1ccc(Nc3ccc(-c4cnc5cc(F)ccn45)c4c3C(=O)N(C(=O)OC(C)(C)C)C4)nc1CN2C. The third-order valence-corrected chi connectivity index (χ3v) is 9.35. The molecule has 1 saturated heterocycles. The van der Waals surface area contributed by atoms with Crippen LogP contribution in [0.15, 0.2) is 48.8 Å². The largest absolute Gasteiger partial charge is 0.443 e. The lowest BCUT2D eigenvalue weighted by Crippen LogP contribution is -2.49. The molecule has 6 heterocycles. The average Bonchev–Trinajstić information content (AvgIpc) is 3.65. The normalized spacial score (nSPS) is 17.5. The first-order valence-corrected chi connectivity index (χ1v) is 15.4. The van der Waals surface area contributed by atoms with Crippen LogP contribution in [0, 0.1) is 5.82 Å². The van der Waals surface area contributed by atoms with Gasteiger partial charge in [0, 0.05) is 44.4 Å². The molecular formula is C34H36FN7O4. The molecule has 238 valence electrons. The van der Waals surface area contributed by atoms with Gasteiger partial charge in [-0.15, -0.1) is 0 Å². The Morgan fingerprint density at radius 3 is 2.54 bits per heavy atom. The monoisotopic (exact) mass is 625 g/mol. The topological polar surface area (TPSA) is 112 Å². The predicted octanol–water partition coefficient (Wildman–Crippen LogP) is 5.45. The number of imidazole rings is 1. The lowest BCUT2D eigenvalue weighted by atomic mass is 9.81. The van der Waals surface area contributed by atoms with Crippen molar-refractivity contribution >= 4 is 35.1 Å². The van der Waals surface area contributed by atoms with Crippen LogP contribution in [0.5, 0.6) is 0 Å². The molecule has 1 fully saturated rings. The highest BCUT2D eigenvalue weighted by atomic mass is 19.1. The highest BCUT2D eigenvalue weighted by Gasteiger charge is 2.46. The number of amides is 3. The molecule has 46 heavy (non-hydrogen) atoms. The van der Waals surface area contributed by atoms with Crippen molar-refractivity contribution in [2.75, 3.05) is 25.5 Å². The maximum atomic E-state index is 13.9. The number of carbonyl (C=O) groups is 3. The zero-order chi connectivity index (χ0) is 32.5. The van der Waals surface area contributed by atoms with Gasteiger partial charge in [-0.05, 0) is 70.0 Å². The first-order chi connectivity index (χ1) is 21.8. The van der Waals surface area contributed by atoms with E-state index in [1.54, 1.807) is 50.6 Å². The van der Waals surface area contributed by atoms with Crippen molar-refractivity contribution in [3.8, 4) is 11.3 Å². The van der Waals surface area contributed by atoms with Crippen molar-refractivity contribution in [3.05, 3.63) is 77.0 Å². The van der Waals surface area contributed by atoms with Crippen LogP contribution < -0.4 is 5.32 Å². The third-order valence-electron chi connectivity index (χ3n) is 9.35. The van der Waals surface area contributed by atoms with E-state index in [0.717, 1.165) is 23.4 Å². The van der Waals surface area contributed by atoms with E-state index in [2.05, 4.69) is 28.3 Å². The number of hydrogen-bond acceptors (Lipinski definition) is 8. The average molecular weight is 626 g/mol. The molecule has 1 N–H and O–H groups in total. The number of benzene rings is 1. The van der Waals surface area contributed by atoms with E-state index in [1.807, 2.05) is 17.0 Å². The molecule has 0 atom stereocenters. The molecule has 0 unspecified atom stereocenters. The van der Waals surface area contributed by atoms with E-state index < -0.39 is 23.4 Å². The number of pyridine rings is 2. The molecule has 3 amide bonds. The number of nitrogens with one attached hydrogen (secondary N) is 1. The molecule has 0 saturated carbocycles. The molecule has 11 nitrogen and oxygen atoms in total. The van der Waals surface area contributed by atoms with Gasteiger partial charge in [0.1, 0.15) is 22.9 Å². The lowest BCUT2D eigenvalue weighted by Gasteiger charge is -2.43. The predicted molar refractivity (Wildman–Crippen MR) is 169 cm³/mol. The second kappa shape index (κ2) is 10.6. The fraction of sp³-hybridized carbons (Fsp3) is 0.382. The summed E-state index contributed by atoms with van der Waals surface area (Å²) < 4.78 is 21.3. The number of ether oxygens (including phenoxy) is 1. The van der Waals surface area contributed by atoms with Crippen molar-refractivity contribution in [1.82, 2.24) is 29.1 Å². The molecule has 3 aromatic heterocycles. The molecule has 0 radical (unpaired) electrons. The number of piperidine rings is 1.